The van der Waals surface area contributed by atoms with Crippen LogP contribution >= 0.6 is 11.3 Å². The van der Waals surface area contributed by atoms with Gasteiger partial charge in [-0.15, -0.1) is 11.3 Å². The van der Waals surface area contributed by atoms with E-state index in [1.807, 2.05) is 0 Å². The van der Waals surface area contributed by atoms with E-state index < -0.39 is 12.0 Å². The largest absolute Gasteiger partial charge is 0.454 e. The van der Waals surface area contributed by atoms with Gasteiger partial charge in [-0.1, -0.05) is 0 Å². The zero-order valence-electron chi connectivity index (χ0n) is 8.13. The normalized spacial score (nSPS) is 12.0. The van der Waals surface area contributed by atoms with E-state index in [1.54, 1.807) is 6.92 Å². The van der Waals surface area contributed by atoms with Gasteiger partial charge in [0.15, 0.2) is 0 Å². The first-order chi connectivity index (χ1) is 7.38. The maximum absolute atomic E-state index is 12.2. The van der Waals surface area contributed by atoms with Crippen LogP contribution in [0.15, 0.2) is 18.2 Å². The summed E-state index contributed by atoms with van der Waals surface area (Å²) in [4.78, 5) is 15.0. The highest BCUT2D eigenvalue weighted by molar-refractivity contribution is 7.18. The molecule has 0 fully saturated rings. The van der Waals surface area contributed by atoms with Crippen molar-refractivity contribution < 1.29 is 18.0 Å². The van der Waals surface area contributed by atoms with Crippen LogP contribution in [0.2, 0.25) is 0 Å². The average molecular weight is 245 g/mol. The molecule has 0 aliphatic rings. The highest BCUT2D eigenvalue weighted by atomic mass is 32.1. The number of benzene rings is 1. The van der Waals surface area contributed by atoms with Crippen molar-refractivity contribution in [1.82, 2.24) is 4.98 Å². The number of aromatic nitrogens is 1. The van der Waals surface area contributed by atoms with Crippen LogP contribution in [0.4, 0.5) is 13.2 Å². The molecule has 0 amide bonds. The summed E-state index contributed by atoms with van der Waals surface area (Å²) in [6.45, 7) is 1.76. The summed E-state index contributed by atoms with van der Waals surface area (Å²) in [7, 11) is 0. The Kier molecular flexibility index (Phi) is 2.46. The summed E-state index contributed by atoms with van der Waals surface area (Å²) in [5.74, 6) is -1.83. The number of carbonyl (C=O) groups is 1. The molecule has 2 rings (SSSR count). The van der Waals surface area contributed by atoms with Gasteiger partial charge in [-0.25, -0.2) is 4.98 Å². The lowest BCUT2D eigenvalue weighted by atomic mass is 10.1. The first kappa shape index (κ1) is 11.1. The van der Waals surface area contributed by atoms with Crippen LogP contribution in [-0.2, 0) is 0 Å². The fourth-order valence-electron chi connectivity index (χ4n) is 1.35. The molecule has 6 heteroatoms. The second-order valence-corrected chi connectivity index (χ2v) is 4.48. The summed E-state index contributed by atoms with van der Waals surface area (Å²) >= 11 is 1.38. The van der Waals surface area contributed by atoms with Crippen molar-refractivity contribution in [3.63, 3.8) is 0 Å². The first-order valence-electron chi connectivity index (χ1n) is 4.36. The molecule has 1 heterocycles. The summed E-state index contributed by atoms with van der Waals surface area (Å²) < 4.78 is 37.3. The standard InChI is InChI=1S/C10H6F3NOS/c1-5-14-7-4-6(2-3-8(7)16-5)9(15)10(11,12)13/h2-4H,1H3. The predicted octanol–water partition coefficient (Wildman–Crippen LogP) is 3.35. The number of thiazole rings is 1. The van der Waals surface area contributed by atoms with Crippen LogP contribution in [0, 0.1) is 6.92 Å². The van der Waals surface area contributed by atoms with E-state index in [4.69, 9.17) is 0 Å². The molecule has 1 aromatic carbocycles. The van der Waals surface area contributed by atoms with Gasteiger partial charge < -0.3 is 0 Å². The smallest absolute Gasteiger partial charge is 0.284 e. The van der Waals surface area contributed by atoms with E-state index in [0.29, 0.717) is 5.52 Å². The molecule has 84 valence electrons. The second-order valence-electron chi connectivity index (χ2n) is 3.24. The number of rotatable bonds is 1. The van der Waals surface area contributed by atoms with Crippen molar-refractivity contribution in [3.8, 4) is 0 Å². The number of carbonyl (C=O) groups excluding carboxylic acids is 1. The van der Waals surface area contributed by atoms with Crippen LogP contribution in [0.3, 0.4) is 0 Å². The predicted molar refractivity (Wildman–Crippen MR) is 54.7 cm³/mol. The third-order valence-electron chi connectivity index (χ3n) is 2.01. The molecule has 16 heavy (non-hydrogen) atoms. The summed E-state index contributed by atoms with van der Waals surface area (Å²) in [5, 5.41) is 0.756. The maximum Gasteiger partial charge on any atom is 0.454 e. The number of ketones is 1. The van der Waals surface area contributed by atoms with Gasteiger partial charge in [0.05, 0.1) is 15.2 Å². The Bertz CT molecular complexity index is 559. The highest BCUT2D eigenvalue weighted by Crippen LogP contribution is 2.26. The quantitative estimate of drug-likeness (QED) is 0.721. The lowest BCUT2D eigenvalue weighted by molar-refractivity contribution is -0.0885. The Hall–Kier alpha value is -1.43. The van der Waals surface area contributed by atoms with E-state index in [-0.39, 0.29) is 5.56 Å². The van der Waals surface area contributed by atoms with Gasteiger partial charge in [-0.2, -0.15) is 13.2 Å². The van der Waals surface area contributed by atoms with Gasteiger partial charge in [0.25, 0.3) is 5.78 Å². The second kappa shape index (κ2) is 3.55. The van der Waals surface area contributed by atoms with Crippen LogP contribution in [-0.4, -0.2) is 16.9 Å². The molecule has 2 aromatic rings. The van der Waals surface area contributed by atoms with Crippen LogP contribution in [0.25, 0.3) is 10.2 Å². The van der Waals surface area contributed by atoms with Crippen LogP contribution in [0.1, 0.15) is 15.4 Å². The fraction of sp³-hybridized carbons (Fsp3) is 0.200. The number of halogens is 3. The highest BCUT2D eigenvalue weighted by Gasteiger charge is 2.39. The number of hydrogen-bond acceptors (Lipinski definition) is 3. The molecule has 0 atom stereocenters. The summed E-state index contributed by atoms with van der Waals surface area (Å²) in [6.07, 6.45) is -4.83. The third kappa shape index (κ3) is 1.92. The molecule has 0 bridgehead atoms. The van der Waals surface area contributed by atoms with Crippen molar-refractivity contribution in [2.45, 2.75) is 13.1 Å². The summed E-state index contributed by atoms with van der Waals surface area (Å²) in [6, 6.07) is 3.84. The monoisotopic (exact) mass is 245 g/mol. The first-order valence-corrected chi connectivity index (χ1v) is 5.18. The van der Waals surface area contributed by atoms with Crippen molar-refractivity contribution in [2.75, 3.05) is 0 Å². The lowest BCUT2D eigenvalue weighted by Crippen LogP contribution is -2.22. The molecule has 0 saturated heterocycles. The Morgan fingerprint density at radius 3 is 2.69 bits per heavy atom. The fourth-order valence-corrected chi connectivity index (χ4v) is 2.16. The van der Waals surface area contributed by atoms with Gasteiger partial charge in [-0.3, -0.25) is 4.79 Å². The van der Waals surface area contributed by atoms with Crippen LogP contribution < -0.4 is 0 Å². The molecule has 0 unspecified atom stereocenters. The van der Waals surface area contributed by atoms with E-state index >= 15 is 0 Å². The Labute approximate surface area is 92.7 Å². The van der Waals surface area contributed by atoms with E-state index in [0.717, 1.165) is 9.71 Å². The number of fused-ring (bicyclic) bond motifs is 1. The topological polar surface area (TPSA) is 30.0 Å². The van der Waals surface area contributed by atoms with E-state index in [1.165, 1.54) is 29.5 Å². The number of hydrogen-bond donors (Lipinski definition) is 0. The van der Waals surface area contributed by atoms with Gasteiger partial charge in [0.2, 0.25) is 0 Å². The molecule has 0 aliphatic carbocycles. The van der Waals surface area contributed by atoms with E-state index in [9.17, 15) is 18.0 Å². The maximum atomic E-state index is 12.2. The Morgan fingerprint density at radius 1 is 1.38 bits per heavy atom. The van der Waals surface area contributed by atoms with Gasteiger partial charge in [0, 0.05) is 5.56 Å². The molecule has 0 radical (unpaired) electrons. The zero-order valence-corrected chi connectivity index (χ0v) is 8.95. The summed E-state index contributed by atoms with van der Waals surface area (Å²) in [5.41, 5.74) is 0.0582. The molecule has 0 N–H and O–H groups in total. The Balaban J connectivity index is 2.51. The van der Waals surface area contributed by atoms with Crippen molar-refractivity contribution in [3.05, 3.63) is 28.8 Å². The molecular weight excluding hydrogens is 239 g/mol. The molecular formula is C10H6F3NOS. The molecule has 0 aliphatic heterocycles. The minimum Gasteiger partial charge on any atom is -0.284 e. The minimum atomic E-state index is -4.83. The number of Topliss-reactive ketones (excluding diaryl/α,β-unsaturated/α-hetero) is 1. The molecule has 2 nitrogen and oxygen atoms in total. The molecule has 0 saturated carbocycles. The third-order valence-corrected chi connectivity index (χ3v) is 2.97. The SMILES string of the molecule is Cc1nc2cc(C(=O)C(F)(F)F)ccc2s1. The molecule has 1 aromatic heterocycles. The minimum absolute atomic E-state index is 0.370. The van der Waals surface area contributed by atoms with Gasteiger partial charge in [0.1, 0.15) is 0 Å². The number of aryl methyl sites for hydroxylation is 1. The van der Waals surface area contributed by atoms with Crippen molar-refractivity contribution in [2.24, 2.45) is 0 Å². The van der Waals surface area contributed by atoms with E-state index in [2.05, 4.69) is 4.98 Å². The average Bonchev–Trinajstić information content (AvgIpc) is 2.54. The molecule has 0 spiro atoms. The number of nitrogens with zero attached hydrogens (tertiary/aromatic N) is 1. The van der Waals surface area contributed by atoms with Crippen molar-refractivity contribution >= 4 is 27.3 Å². The van der Waals surface area contributed by atoms with Gasteiger partial charge >= 0.3 is 6.18 Å². The van der Waals surface area contributed by atoms with Crippen LogP contribution in [0.5, 0.6) is 0 Å². The van der Waals surface area contributed by atoms with Crippen molar-refractivity contribution in [1.29, 1.82) is 0 Å². The van der Waals surface area contributed by atoms with Gasteiger partial charge in [-0.05, 0) is 25.1 Å². The number of alkyl halides is 3. The zero-order chi connectivity index (χ0) is 11.9. The lowest BCUT2D eigenvalue weighted by Gasteiger charge is -2.04. The Morgan fingerprint density at radius 2 is 2.06 bits per heavy atom.